The topological polar surface area (TPSA) is 40.1 Å². The SMILES string of the molecule is Cc1c(-c2ccnc3c2ccn3C)[nH]c2ccc(C3CCN(C4CCN(C(C)C)CC4)CC3)cc12. The number of H-pyrrole nitrogens is 1. The Hall–Kier alpha value is -2.63. The van der Waals surface area contributed by atoms with Crippen LogP contribution in [0, 0.1) is 6.92 Å². The molecule has 0 spiro atoms. The molecule has 5 nitrogen and oxygen atoms in total. The van der Waals surface area contributed by atoms with Gasteiger partial charge >= 0.3 is 0 Å². The molecule has 0 unspecified atom stereocenters. The van der Waals surface area contributed by atoms with Gasteiger partial charge in [0.05, 0.1) is 5.69 Å². The van der Waals surface area contributed by atoms with Crippen LogP contribution >= 0.6 is 0 Å². The molecule has 1 N–H and O–H groups in total. The summed E-state index contributed by atoms with van der Waals surface area (Å²) in [6, 6.07) is 12.9. The van der Waals surface area contributed by atoms with E-state index in [4.69, 9.17) is 0 Å². The Morgan fingerprint density at radius 3 is 2.46 bits per heavy atom. The highest BCUT2D eigenvalue weighted by molar-refractivity contribution is 5.98. The fourth-order valence-electron chi connectivity index (χ4n) is 6.62. The maximum absolute atomic E-state index is 4.58. The number of aromatic nitrogens is 3. The fourth-order valence-corrected chi connectivity index (χ4v) is 6.62. The lowest BCUT2D eigenvalue weighted by molar-refractivity contribution is 0.0753. The first-order chi connectivity index (χ1) is 17.0. The number of nitrogens with one attached hydrogen (secondary N) is 1. The minimum atomic E-state index is 0.672. The molecule has 2 aliphatic rings. The van der Waals surface area contributed by atoms with Gasteiger partial charge in [0.1, 0.15) is 5.65 Å². The van der Waals surface area contributed by atoms with Crippen LogP contribution in [0.25, 0.3) is 33.2 Å². The second kappa shape index (κ2) is 9.11. The van der Waals surface area contributed by atoms with E-state index in [1.54, 1.807) is 0 Å². The van der Waals surface area contributed by atoms with E-state index in [-0.39, 0.29) is 0 Å². The van der Waals surface area contributed by atoms with Crippen LogP contribution in [0.5, 0.6) is 0 Å². The highest BCUT2D eigenvalue weighted by atomic mass is 15.2. The minimum Gasteiger partial charge on any atom is -0.354 e. The average Bonchev–Trinajstić information content (AvgIpc) is 3.43. The summed E-state index contributed by atoms with van der Waals surface area (Å²) in [6.45, 7) is 11.9. The van der Waals surface area contributed by atoms with Crippen molar-refractivity contribution in [2.24, 2.45) is 7.05 Å². The van der Waals surface area contributed by atoms with E-state index in [0.717, 1.165) is 11.7 Å². The largest absolute Gasteiger partial charge is 0.354 e. The van der Waals surface area contributed by atoms with Crippen molar-refractivity contribution in [3.63, 3.8) is 0 Å². The van der Waals surface area contributed by atoms with Crippen LogP contribution in [0.3, 0.4) is 0 Å². The summed E-state index contributed by atoms with van der Waals surface area (Å²) in [4.78, 5) is 13.7. The summed E-state index contributed by atoms with van der Waals surface area (Å²) >= 11 is 0. The lowest BCUT2D eigenvalue weighted by atomic mass is 9.87. The van der Waals surface area contributed by atoms with E-state index < -0.39 is 0 Å². The second-order valence-electron chi connectivity index (χ2n) is 11.1. The highest BCUT2D eigenvalue weighted by Gasteiger charge is 2.29. The molecule has 0 atom stereocenters. The van der Waals surface area contributed by atoms with Crippen LogP contribution in [0.1, 0.15) is 56.6 Å². The summed E-state index contributed by atoms with van der Waals surface area (Å²) in [5.74, 6) is 0.672. The van der Waals surface area contributed by atoms with Crippen LogP contribution in [-0.4, -0.2) is 62.6 Å². The maximum Gasteiger partial charge on any atom is 0.140 e. The molecule has 35 heavy (non-hydrogen) atoms. The quantitative estimate of drug-likeness (QED) is 0.394. The molecule has 184 valence electrons. The first-order valence-electron chi connectivity index (χ1n) is 13.5. The first kappa shape index (κ1) is 22.8. The number of nitrogens with zero attached hydrogens (tertiary/aromatic N) is 4. The lowest BCUT2D eigenvalue weighted by Crippen LogP contribution is -2.48. The Morgan fingerprint density at radius 1 is 0.943 bits per heavy atom. The molecule has 0 aliphatic carbocycles. The molecule has 4 aromatic rings. The number of hydrogen-bond donors (Lipinski definition) is 1. The molecular formula is C30H39N5. The monoisotopic (exact) mass is 469 g/mol. The smallest absolute Gasteiger partial charge is 0.140 e. The molecule has 5 heterocycles. The van der Waals surface area contributed by atoms with E-state index in [1.165, 1.54) is 90.5 Å². The molecule has 6 rings (SSSR count). The minimum absolute atomic E-state index is 0.672. The molecule has 2 saturated heterocycles. The number of hydrogen-bond acceptors (Lipinski definition) is 3. The van der Waals surface area contributed by atoms with E-state index in [1.807, 2.05) is 6.20 Å². The highest BCUT2D eigenvalue weighted by Crippen LogP contribution is 2.37. The number of rotatable bonds is 4. The number of piperidine rings is 2. The molecule has 0 amide bonds. The van der Waals surface area contributed by atoms with Crippen LogP contribution in [0.15, 0.2) is 42.7 Å². The zero-order valence-corrected chi connectivity index (χ0v) is 21.7. The Labute approximate surface area is 209 Å². The zero-order chi connectivity index (χ0) is 24.1. The number of benzene rings is 1. The predicted molar refractivity (Wildman–Crippen MR) is 146 cm³/mol. The van der Waals surface area contributed by atoms with Crippen molar-refractivity contribution in [2.75, 3.05) is 26.2 Å². The molecule has 0 radical (unpaired) electrons. The third-order valence-corrected chi connectivity index (χ3v) is 8.87. The van der Waals surface area contributed by atoms with Gasteiger partial charge in [-0.25, -0.2) is 4.98 Å². The Balaban J connectivity index is 1.19. The number of pyridine rings is 1. The zero-order valence-electron chi connectivity index (χ0n) is 21.7. The van der Waals surface area contributed by atoms with Gasteiger partial charge < -0.3 is 19.4 Å². The van der Waals surface area contributed by atoms with Gasteiger partial charge in [0.15, 0.2) is 0 Å². The fraction of sp³-hybridized carbons (Fsp3) is 0.500. The summed E-state index contributed by atoms with van der Waals surface area (Å²) in [7, 11) is 2.06. The predicted octanol–water partition coefficient (Wildman–Crippen LogP) is 6.08. The summed E-state index contributed by atoms with van der Waals surface area (Å²) in [5.41, 5.74) is 7.58. The number of likely N-dealkylation sites (tertiary alicyclic amines) is 2. The number of aryl methyl sites for hydroxylation is 2. The van der Waals surface area contributed by atoms with Crippen molar-refractivity contribution in [3.05, 3.63) is 53.9 Å². The van der Waals surface area contributed by atoms with Crippen molar-refractivity contribution >= 4 is 21.9 Å². The normalized spacial score (nSPS) is 19.5. The van der Waals surface area contributed by atoms with Gasteiger partial charge in [0, 0.05) is 53.4 Å². The van der Waals surface area contributed by atoms with Gasteiger partial charge in [-0.3, -0.25) is 0 Å². The Bertz CT molecular complexity index is 1330. The van der Waals surface area contributed by atoms with E-state index in [0.29, 0.717) is 12.0 Å². The lowest BCUT2D eigenvalue weighted by Gasteiger charge is -2.42. The standard InChI is InChI=1S/C30H39N5/c1-20(2)34-17-10-24(11-18-34)35-15-8-22(9-16-35)23-5-6-28-27(19-23)21(3)29(32-28)25-7-13-31-30-26(25)12-14-33(30)4/h5-7,12-14,19-20,22,24,32H,8-11,15-18H2,1-4H3. The molecule has 2 fully saturated rings. The Kier molecular flexibility index (Phi) is 5.93. The van der Waals surface area contributed by atoms with Crippen molar-refractivity contribution in [2.45, 2.75) is 64.5 Å². The van der Waals surface area contributed by atoms with Crippen molar-refractivity contribution in [1.29, 1.82) is 0 Å². The molecular weight excluding hydrogens is 430 g/mol. The Morgan fingerprint density at radius 2 is 1.71 bits per heavy atom. The summed E-state index contributed by atoms with van der Waals surface area (Å²) in [5, 5.41) is 2.57. The van der Waals surface area contributed by atoms with Crippen molar-refractivity contribution in [3.8, 4) is 11.3 Å². The van der Waals surface area contributed by atoms with Crippen LogP contribution in [-0.2, 0) is 7.05 Å². The molecule has 2 aliphatic heterocycles. The molecule has 1 aromatic carbocycles. The van der Waals surface area contributed by atoms with E-state index >= 15 is 0 Å². The van der Waals surface area contributed by atoms with E-state index in [9.17, 15) is 0 Å². The summed E-state index contributed by atoms with van der Waals surface area (Å²) < 4.78 is 2.09. The molecule has 0 bridgehead atoms. The second-order valence-corrected chi connectivity index (χ2v) is 11.1. The number of fused-ring (bicyclic) bond motifs is 2. The van der Waals surface area contributed by atoms with Gasteiger partial charge in [0.2, 0.25) is 0 Å². The van der Waals surface area contributed by atoms with Gasteiger partial charge in [0.25, 0.3) is 0 Å². The maximum atomic E-state index is 4.58. The summed E-state index contributed by atoms with van der Waals surface area (Å²) in [6.07, 6.45) is 9.25. The molecule has 3 aromatic heterocycles. The first-order valence-corrected chi connectivity index (χ1v) is 13.5. The van der Waals surface area contributed by atoms with Crippen LogP contribution < -0.4 is 0 Å². The number of aromatic amines is 1. The van der Waals surface area contributed by atoms with Gasteiger partial charge in [-0.15, -0.1) is 0 Å². The van der Waals surface area contributed by atoms with Gasteiger partial charge in [-0.2, -0.15) is 0 Å². The van der Waals surface area contributed by atoms with E-state index in [2.05, 4.69) is 88.7 Å². The molecule has 0 saturated carbocycles. The third kappa shape index (κ3) is 4.09. The van der Waals surface area contributed by atoms with Crippen molar-refractivity contribution < 1.29 is 0 Å². The van der Waals surface area contributed by atoms with Gasteiger partial charge in [-0.05, 0) is 114 Å². The third-order valence-electron chi connectivity index (χ3n) is 8.87. The van der Waals surface area contributed by atoms with Crippen LogP contribution in [0.4, 0.5) is 0 Å². The van der Waals surface area contributed by atoms with Crippen molar-refractivity contribution in [1.82, 2.24) is 24.3 Å². The molecule has 5 heteroatoms. The average molecular weight is 470 g/mol. The van der Waals surface area contributed by atoms with Crippen LogP contribution in [0.2, 0.25) is 0 Å². The van der Waals surface area contributed by atoms with Gasteiger partial charge in [-0.1, -0.05) is 6.07 Å².